The Balaban J connectivity index is 0. The number of rotatable bonds is 2. The summed E-state index contributed by atoms with van der Waals surface area (Å²) >= 11 is 0. The quantitative estimate of drug-likeness (QED) is 0.336. The SMILES string of the molecule is CC1O[C@H](OP(=O)([O-])[O-])C(O)C(O)[C@@H]1O.[Na+].[Na+]. The van der Waals surface area contributed by atoms with Crippen LogP contribution in [0, 0.1) is 0 Å². The molecule has 1 aliphatic rings. The second-order valence-electron chi connectivity index (χ2n) is 3.23. The molecule has 5 atom stereocenters. The molecule has 0 aromatic rings. The monoisotopic (exact) mass is 288 g/mol. The summed E-state index contributed by atoms with van der Waals surface area (Å²) in [5.41, 5.74) is 0. The first-order valence-electron chi connectivity index (χ1n) is 4.12. The number of phosphoric acid groups is 1. The van der Waals surface area contributed by atoms with Gasteiger partial charge >= 0.3 is 59.1 Å². The molecule has 3 N–H and O–H groups in total. The maximum Gasteiger partial charge on any atom is 1.00 e. The van der Waals surface area contributed by atoms with E-state index in [1.807, 2.05) is 0 Å². The average molecular weight is 288 g/mol. The Kier molecular flexibility index (Phi) is 10.4. The number of ether oxygens (including phenoxy) is 1. The standard InChI is InChI=1S/C6H13O8P.2Na/c1-2-3(7)4(8)5(9)6(13-2)14-15(10,11)12;;/h2-9H,1H3,(H2,10,11,12);;/q;2*+1/p-2/t2?,3-,4?,5?,6-;;/m1../s1. The normalized spacial score (nSPS) is 37.9. The molecule has 0 amide bonds. The third kappa shape index (κ3) is 6.29. The van der Waals surface area contributed by atoms with Gasteiger partial charge in [0.15, 0.2) is 6.29 Å². The van der Waals surface area contributed by atoms with E-state index in [2.05, 4.69) is 4.52 Å². The average Bonchev–Trinajstić information content (AvgIpc) is 2.08. The van der Waals surface area contributed by atoms with Crippen molar-refractivity contribution in [3.05, 3.63) is 0 Å². The van der Waals surface area contributed by atoms with Crippen LogP contribution in [-0.2, 0) is 13.8 Å². The van der Waals surface area contributed by atoms with E-state index in [1.54, 1.807) is 0 Å². The van der Waals surface area contributed by atoms with Gasteiger partial charge in [0.05, 0.1) is 13.9 Å². The second kappa shape index (κ2) is 8.28. The predicted molar refractivity (Wildman–Crippen MR) is 41.0 cm³/mol. The summed E-state index contributed by atoms with van der Waals surface area (Å²) in [6, 6.07) is 0. The molecule has 1 saturated heterocycles. The summed E-state index contributed by atoms with van der Waals surface area (Å²) in [5.74, 6) is 0. The molecule has 1 heterocycles. The van der Waals surface area contributed by atoms with Crippen LogP contribution in [0.25, 0.3) is 0 Å². The van der Waals surface area contributed by atoms with Crippen molar-refractivity contribution in [2.75, 3.05) is 0 Å². The molecular weight excluding hydrogens is 277 g/mol. The fourth-order valence-electron chi connectivity index (χ4n) is 1.23. The van der Waals surface area contributed by atoms with Crippen molar-refractivity contribution in [2.45, 2.75) is 37.6 Å². The van der Waals surface area contributed by atoms with Gasteiger partial charge in [0.25, 0.3) is 0 Å². The van der Waals surface area contributed by atoms with Crippen molar-refractivity contribution in [1.29, 1.82) is 0 Å². The van der Waals surface area contributed by atoms with Crippen LogP contribution in [0.4, 0.5) is 0 Å². The van der Waals surface area contributed by atoms with Crippen LogP contribution in [0.1, 0.15) is 6.92 Å². The van der Waals surface area contributed by atoms with Crippen molar-refractivity contribution < 1.29 is 98.0 Å². The molecule has 0 aliphatic carbocycles. The minimum absolute atomic E-state index is 0. The van der Waals surface area contributed by atoms with E-state index < -0.39 is 38.5 Å². The minimum Gasteiger partial charge on any atom is -0.790 e. The number of aliphatic hydroxyl groups excluding tert-OH is 3. The van der Waals surface area contributed by atoms with Gasteiger partial charge in [-0.15, -0.1) is 0 Å². The van der Waals surface area contributed by atoms with Gasteiger partial charge in [-0.1, -0.05) is 0 Å². The molecule has 11 heteroatoms. The fourth-order valence-corrected chi connectivity index (χ4v) is 1.66. The van der Waals surface area contributed by atoms with Crippen LogP contribution in [0.5, 0.6) is 0 Å². The zero-order chi connectivity index (χ0) is 11.8. The largest absolute Gasteiger partial charge is 1.00 e. The topological polar surface area (TPSA) is 142 Å². The molecule has 1 rings (SSSR count). The molecular formula is C6H11Na2O8P. The molecule has 3 unspecified atom stereocenters. The molecule has 0 spiro atoms. The van der Waals surface area contributed by atoms with Crippen LogP contribution in [0.3, 0.4) is 0 Å². The van der Waals surface area contributed by atoms with Crippen LogP contribution >= 0.6 is 7.82 Å². The summed E-state index contributed by atoms with van der Waals surface area (Å²) < 4.78 is 18.8. The summed E-state index contributed by atoms with van der Waals surface area (Å²) in [7, 11) is -5.32. The molecule has 0 bridgehead atoms. The third-order valence-electron chi connectivity index (χ3n) is 2.04. The third-order valence-corrected chi connectivity index (χ3v) is 2.51. The van der Waals surface area contributed by atoms with Crippen molar-refractivity contribution in [3.8, 4) is 0 Å². The maximum atomic E-state index is 10.3. The smallest absolute Gasteiger partial charge is 0.790 e. The molecule has 8 nitrogen and oxygen atoms in total. The van der Waals surface area contributed by atoms with Crippen molar-refractivity contribution in [1.82, 2.24) is 0 Å². The molecule has 90 valence electrons. The summed E-state index contributed by atoms with van der Waals surface area (Å²) in [4.78, 5) is 20.5. The first-order valence-corrected chi connectivity index (χ1v) is 5.58. The zero-order valence-corrected chi connectivity index (χ0v) is 14.6. The van der Waals surface area contributed by atoms with Crippen LogP contribution in [-0.4, -0.2) is 46.0 Å². The number of hydrogen-bond donors (Lipinski definition) is 3. The van der Waals surface area contributed by atoms with Gasteiger partial charge in [0, 0.05) is 0 Å². The minimum atomic E-state index is -5.32. The molecule has 0 radical (unpaired) electrons. The molecule has 17 heavy (non-hydrogen) atoms. The Bertz CT molecular complexity index is 273. The Morgan fingerprint density at radius 1 is 1.12 bits per heavy atom. The van der Waals surface area contributed by atoms with Crippen molar-refractivity contribution in [3.63, 3.8) is 0 Å². The first kappa shape index (κ1) is 21.3. The van der Waals surface area contributed by atoms with E-state index in [0.717, 1.165) is 0 Å². The van der Waals surface area contributed by atoms with Gasteiger partial charge in [-0.3, -0.25) is 0 Å². The summed E-state index contributed by atoms with van der Waals surface area (Å²) in [6.07, 6.45) is -7.56. The molecule has 0 aromatic carbocycles. The van der Waals surface area contributed by atoms with Crippen molar-refractivity contribution >= 4 is 7.82 Å². The summed E-state index contributed by atoms with van der Waals surface area (Å²) in [5, 5.41) is 27.7. The molecule has 1 aliphatic heterocycles. The van der Waals surface area contributed by atoms with Crippen LogP contribution < -0.4 is 68.9 Å². The second-order valence-corrected chi connectivity index (χ2v) is 4.34. The Labute approximate surface area is 142 Å². The van der Waals surface area contributed by atoms with E-state index in [-0.39, 0.29) is 59.1 Å². The molecule has 0 aromatic heterocycles. The van der Waals surface area contributed by atoms with Gasteiger partial charge in [-0.2, -0.15) is 0 Å². The zero-order valence-electron chi connectivity index (χ0n) is 9.72. The number of aliphatic hydroxyl groups is 3. The van der Waals surface area contributed by atoms with Gasteiger partial charge in [0.1, 0.15) is 18.3 Å². The van der Waals surface area contributed by atoms with E-state index in [9.17, 15) is 29.7 Å². The van der Waals surface area contributed by atoms with E-state index in [4.69, 9.17) is 4.74 Å². The first-order chi connectivity index (χ1) is 6.72. The van der Waals surface area contributed by atoms with Gasteiger partial charge < -0.3 is 38.9 Å². The van der Waals surface area contributed by atoms with Gasteiger partial charge in [-0.25, -0.2) is 0 Å². The van der Waals surface area contributed by atoms with Crippen LogP contribution in [0.15, 0.2) is 0 Å². The summed E-state index contributed by atoms with van der Waals surface area (Å²) in [6.45, 7) is 1.33. The number of hydrogen-bond acceptors (Lipinski definition) is 8. The fraction of sp³-hybridized carbons (Fsp3) is 1.00. The van der Waals surface area contributed by atoms with Crippen LogP contribution in [0.2, 0.25) is 0 Å². The Morgan fingerprint density at radius 2 is 1.59 bits per heavy atom. The maximum absolute atomic E-state index is 10.3. The number of phosphoric ester groups is 1. The van der Waals surface area contributed by atoms with E-state index in [1.165, 1.54) is 6.92 Å². The van der Waals surface area contributed by atoms with Gasteiger partial charge in [-0.05, 0) is 6.92 Å². The Hall–Kier alpha value is 1.95. The van der Waals surface area contributed by atoms with Crippen molar-refractivity contribution in [2.24, 2.45) is 0 Å². The van der Waals surface area contributed by atoms with Gasteiger partial charge in [0.2, 0.25) is 0 Å². The Morgan fingerprint density at radius 3 is 2.00 bits per heavy atom. The van der Waals surface area contributed by atoms with E-state index >= 15 is 0 Å². The molecule has 0 saturated carbocycles. The molecule has 1 fully saturated rings. The van der Waals surface area contributed by atoms with E-state index in [0.29, 0.717) is 0 Å². The predicted octanol–water partition coefficient (Wildman–Crippen LogP) is -9.33.